The lowest BCUT2D eigenvalue weighted by Gasteiger charge is -2.14. The molecule has 0 saturated carbocycles. The van der Waals surface area contributed by atoms with Gasteiger partial charge >= 0.3 is 5.97 Å². The molecule has 1 N–H and O–H groups in total. The molecule has 0 aromatic heterocycles. The molecule has 0 aliphatic rings. The van der Waals surface area contributed by atoms with E-state index >= 15 is 0 Å². The van der Waals surface area contributed by atoms with E-state index in [0.717, 1.165) is 18.8 Å². The van der Waals surface area contributed by atoms with Gasteiger partial charge in [0, 0.05) is 6.42 Å². The summed E-state index contributed by atoms with van der Waals surface area (Å²) in [5.41, 5.74) is 0. The van der Waals surface area contributed by atoms with Gasteiger partial charge in [-0.05, 0) is 12.3 Å². The third kappa shape index (κ3) is 8.09. The van der Waals surface area contributed by atoms with Crippen molar-refractivity contribution in [2.45, 2.75) is 65.2 Å². The maximum absolute atomic E-state index is 10.3. The van der Waals surface area contributed by atoms with Gasteiger partial charge in [-0.1, -0.05) is 52.4 Å². The molecule has 0 atom stereocenters. The number of hydrogen-bond acceptors (Lipinski definition) is 1. The Kier molecular flexibility index (Phi) is 8.70. The van der Waals surface area contributed by atoms with Crippen LogP contribution in [-0.4, -0.2) is 11.1 Å². The largest absolute Gasteiger partial charge is 0.481 e. The summed E-state index contributed by atoms with van der Waals surface area (Å²) in [4.78, 5) is 10.3. The molecule has 84 valence electrons. The van der Waals surface area contributed by atoms with Crippen molar-refractivity contribution in [3.05, 3.63) is 0 Å². The summed E-state index contributed by atoms with van der Waals surface area (Å²) in [7, 11) is 0. The Bertz CT molecular complexity index is 137. The standard InChI is InChI=1S/C12H24O2/c1-3-7-11(8-4-2)9-5-6-10-12(13)14/h11H,3-10H2,1-2H3,(H,13,14). The highest BCUT2D eigenvalue weighted by Crippen LogP contribution is 2.20. The number of aliphatic carboxylic acids is 1. The second-order valence-corrected chi connectivity index (χ2v) is 4.08. The lowest BCUT2D eigenvalue weighted by Crippen LogP contribution is -2.01. The number of carbonyl (C=O) groups is 1. The zero-order chi connectivity index (χ0) is 10.8. The Morgan fingerprint density at radius 1 is 1.07 bits per heavy atom. The van der Waals surface area contributed by atoms with Gasteiger partial charge in [-0.3, -0.25) is 4.79 Å². The van der Waals surface area contributed by atoms with Gasteiger partial charge in [-0.15, -0.1) is 0 Å². The van der Waals surface area contributed by atoms with Crippen molar-refractivity contribution in [2.24, 2.45) is 5.92 Å². The Morgan fingerprint density at radius 3 is 2.07 bits per heavy atom. The number of rotatable bonds is 9. The molecule has 0 fully saturated rings. The van der Waals surface area contributed by atoms with Gasteiger partial charge in [-0.2, -0.15) is 0 Å². The highest BCUT2D eigenvalue weighted by Gasteiger charge is 2.06. The Balaban J connectivity index is 3.44. The van der Waals surface area contributed by atoms with Crippen LogP contribution in [0.2, 0.25) is 0 Å². The van der Waals surface area contributed by atoms with E-state index in [1.165, 1.54) is 32.1 Å². The Morgan fingerprint density at radius 2 is 1.64 bits per heavy atom. The smallest absolute Gasteiger partial charge is 0.303 e. The van der Waals surface area contributed by atoms with Gasteiger partial charge in [0.1, 0.15) is 0 Å². The first kappa shape index (κ1) is 13.5. The van der Waals surface area contributed by atoms with Crippen molar-refractivity contribution in [1.29, 1.82) is 0 Å². The fourth-order valence-corrected chi connectivity index (χ4v) is 1.96. The van der Waals surface area contributed by atoms with E-state index in [0.29, 0.717) is 6.42 Å². The minimum absolute atomic E-state index is 0.338. The van der Waals surface area contributed by atoms with Crippen LogP contribution in [0.25, 0.3) is 0 Å². The number of carboxylic acid groups (broad SMARTS) is 1. The second kappa shape index (κ2) is 9.04. The van der Waals surface area contributed by atoms with Crippen LogP contribution < -0.4 is 0 Å². The van der Waals surface area contributed by atoms with Crippen molar-refractivity contribution >= 4 is 5.97 Å². The van der Waals surface area contributed by atoms with E-state index in [1.54, 1.807) is 0 Å². The van der Waals surface area contributed by atoms with Crippen LogP contribution in [0.1, 0.15) is 65.2 Å². The molecule has 0 saturated heterocycles. The summed E-state index contributed by atoms with van der Waals surface area (Å²) in [6.45, 7) is 4.44. The normalized spacial score (nSPS) is 10.8. The molecular formula is C12H24O2. The Hall–Kier alpha value is -0.530. The van der Waals surface area contributed by atoms with E-state index in [9.17, 15) is 4.79 Å². The van der Waals surface area contributed by atoms with Crippen molar-refractivity contribution in [2.75, 3.05) is 0 Å². The molecule has 0 aromatic carbocycles. The van der Waals surface area contributed by atoms with E-state index in [4.69, 9.17) is 5.11 Å². The molecule has 14 heavy (non-hydrogen) atoms. The third-order valence-corrected chi connectivity index (χ3v) is 2.65. The summed E-state index contributed by atoms with van der Waals surface area (Å²) >= 11 is 0. The molecule has 0 aliphatic carbocycles. The topological polar surface area (TPSA) is 37.3 Å². The van der Waals surface area contributed by atoms with Gasteiger partial charge < -0.3 is 5.11 Å². The average molecular weight is 200 g/mol. The first-order valence-electron chi connectivity index (χ1n) is 5.92. The molecule has 2 nitrogen and oxygen atoms in total. The number of unbranched alkanes of at least 4 members (excludes halogenated alkanes) is 1. The van der Waals surface area contributed by atoms with Crippen LogP contribution >= 0.6 is 0 Å². The predicted molar refractivity (Wildman–Crippen MR) is 59.4 cm³/mol. The van der Waals surface area contributed by atoms with Gasteiger partial charge in [0.25, 0.3) is 0 Å². The van der Waals surface area contributed by atoms with E-state index in [-0.39, 0.29) is 0 Å². The fraction of sp³-hybridized carbons (Fsp3) is 0.917. The van der Waals surface area contributed by atoms with Crippen molar-refractivity contribution in [1.82, 2.24) is 0 Å². The van der Waals surface area contributed by atoms with Crippen LogP contribution in [0.15, 0.2) is 0 Å². The minimum atomic E-state index is -0.660. The molecule has 2 heteroatoms. The van der Waals surface area contributed by atoms with Crippen LogP contribution in [0.3, 0.4) is 0 Å². The molecule has 0 bridgehead atoms. The molecule has 0 heterocycles. The molecule has 0 rings (SSSR count). The van der Waals surface area contributed by atoms with E-state index < -0.39 is 5.97 Å². The fourth-order valence-electron chi connectivity index (χ4n) is 1.96. The molecule has 0 radical (unpaired) electrons. The molecule has 0 aromatic rings. The summed E-state index contributed by atoms with van der Waals surface area (Å²) < 4.78 is 0. The number of carboxylic acids is 1. The van der Waals surface area contributed by atoms with Crippen molar-refractivity contribution in [3.63, 3.8) is 0 Å². The highest BCUT2D eigenvalue weighted by atomic mass is 16.4. The second-order valence-electron chi connectivity index (χ2n) is 4.08. The lowest BCUT2D eigenvalue weighted by molar-refractivity contribution is -0.137. The maximum Gasteiger partial charge on any atom is 0.303 e. The number of hydrogen-bond donors (Lipinski definition) is 1. The molecular weight excluding hydrogens is 176 g/mol. The summed E-state index contributed by atoms with van der Waals surface area (Å²) in [6.07, 6.45) is 8.60. The predicted octanol–water partition coefficient (Wildman–Crippen LogP) is 3.85. The zero-order valence-electron chi connectivity index (χ0n) is 9.59. The first-order chi connectivity index (χ1) is 6.70. The molecule has 0 aliphatic heterocycles. The van der Waals surface area contributed by atoms with Crippen LogP contribution in [0.5, 0.6) is 0 Å². The summed E-state index contributed by atoms with van der Waals surface area (Å²) in [5.74, 6) is 0.173. The van der Waals surface area contributed by atoms with E-state index in [1.807, 2.05) is 0 Å². The lowest BCUT2D eigenvalue weighted by atomic mass is 9.92. The average Bonchev–Trinajstić information content (AvgIpc) is 2.12. The summed E-state index contributed by atoms with van der Waals surface area (Å²) in [6, 6.07) is 0. The Labute approximate surface area is 87.7 Å². The van der Waals surface area contributed by atoms with Gasteiger partial charge in [0.15, 0.2) is 0 Å². The minimum Gasteiger partial charge on any atom is -0.481 e. The highest BCUT2D eigenvalue weighted by molar-refractivity contribution is 5.66. The molecule has 0 unspecified atom stereocenters. The van der Waals surface area contributed by atoms with E-state index in [2.05, 4.69) is 13.8 Å². The quantitative estimate of drug-likeness (QED) is 0.574. The summed E-state index contributed by atoms with van der Waals surface area (Å²) in [5, 5.41) is 8.49. The monoisotopic (exact) mass is 200 g/mol. The maximum atomic E-state index is 10.3. The first-order valence-corrected chi connectivity index (χ1v) is 5.92. The van der Waals surface area contributed by atoms with Gasteiger partial charge in [0.2, 0.25) is 0 Å². The molecule has 0 spiro atoms. The van der Waals surface area contributed by atoms with Crippen LogP contribution in [-0.2, 0) is 4.79 Å². The third-order valence-electron chi connectivity index (χ3n) is 2.65. The van der Waals surface area contributed by atoms with Gasteiger partial charge in [0.05, 0.1) is 0 Å². The van der Waals surface area contributed by atoms with Gasteiger partial charge in [-0.25, -0.2) is 0 Å². The van der Waals surface area contributed by atoms with Crippen LogP contribution in [0, 0.1) is 5.92 Å². The van der Waals surface area contributed by atoms with Crippen molar-refractivity contribution < 1.29 is 9.90 Å². The van der Waals surface area contributed by atoms with Crippen LogP contribution in [0.4, 0.5) is 0 Å². The SMILES string of the molecule is CCCC(CCC)CCCCC(=O)O. The van der Waals surface area contributed by atoms with Crippen molar-refractivity contribution in [3.8, 4) is 0 Å². The zero-order valence-corrected chi connectivity index (χ0v) is 9.59. The molecule has 0 amide bonds.